The normalized spacial score (nSPS) is 18.9. The SMILES string of the molecule is COc1ccc(C(=O)N2CCCCC2CCO)c(N)c1. The lowest BCUT2D eigenvalue weighted by molar-refractivity contribution is 0.0575. The Morgan fingerprint density at radius 3 is 2.95 bits per heavy atom. The Hall–Kier alpha value is -1.75. The minimum absolute atomic E-state index is 0.0525. The van der Waals surface area contributed by atoms with Crippen LogP contribution < -0.4 is 10.5 Å². The van der Waals surface area contributed by atoms with Crippen LogP contribution in [-0.4, -0.2) is 42.2 Å². The van der Waals surface area contributed by atoms with Gasteiger partial charge in [-0.05, 0) is 37.8 Å². The number of anilines is 1. The van der Waals surface area contributed by atoms with Gasteiger partial charge >= 0.3 is 0 Å². The third-order valence-electron chi connectivity index (χ3n) is 3.84. The zero-order chi connectivity index (χ0) is 14.5. The number of nitrogens with zero attached hydrogens (tertiary/aromatic N) is 1. The second-order valence-corrected chi connectivity index (χ2v) is 5.11. The van der Waals surface area contributed by atoms with Gasteiger partial charge in [-0.2, -0.15) is 0 Å². The average Bonchev–Trinajstić information content (AvgIpc) is 2.47. The molecule has 5 heteroatoms. The van der Waals surface area contributed by atoms with Crippen LogP contribution in [0.15, 0.2) is 18.2 Å². The summed E-state index contributed by atoms with van der Waals surface area (Å²) in [4.78, 5) is 14.5. The molecule has 0 spiro atoms. The highest BCUT2D eigenvalue weighted by Crippen LogP contribution is 2.26. The molecule has 20 heavy (non-hydrogen) atoms. The van der Waals surface area contributed by atoms with Gasteiger partial charge in [0.15, 0.2) is 0 Å². The summed E-state index contributed by atoms with van der Waals surface area (Å²) in [6.45, 7) is 0.835. The second-order valence-electron chi connectivity index (χ2n) is 5.11. The maximum Gasteiger partial charge on any atom is 0.256 e. The maximum atomic E-state index is 12.6. The fourth-order valence-electron chi connectivity index (χ4n) is 2.73. The molecule has 1 fully saturated rings. The van der Waals surface area contributed by atoms with Crippen molar-refractivity contribution >= 4 is 11.6 Å². The topological polar surface area (TPSA) is 75.8 Å². The van der Waals surface area contributed by atoms with E-state index in [9.17, 15) is 4.79 Å². The number of nitrogen functional groups attached to an aromatic ring is 1. The Morgan fingerprint density at radius 1 is 1.50 bits per heavy atom. The first-order valence-corrected chi connectivity index (χ1v) is 7.02. The van der Waals surface area contributed by atoms with Crippen molar-refractivity contribution in [1.29, 1.82) is 0 Å². The van der Waals surface area contributed by atoms with Gasteiger partial charge in [0.1, 0.15) is 5.75 Å². The molecule has 1 unspecified atom stereocenters. The number of likely N-dealkylation sites (tertiary alicyclic amines) is 1. The number of aliphatic hydroxyl groups is 1. The summed E-state index contributed by atoms with van der Waals surface area (Å²) in [6.07, 6.45) is 3.68. The largest absolute Gasteiger partial charge is 0.497 e. The van der Waals surface area contributed by atoms with Crippen molar-refractivity contribution < 1.29 is 14.6 Å². The Bertz CT molecular complexity index is 474. The summed E-state index contributed by atoms with van der Waals surface area (Å²) >= 11 is 0. The van der Waals surface area contributed by atoms with Crippen LogP contribution >= 0.6 is 0 Å². The number of piperidine rings is 1. The summed E-state index contributed by atoms with van der Waals surface area (Å²) in [5.74, 6) is 0.591. The van der Waals surface area contributed by atoms with Gasteiger partial charge in [-0.25, -0.2) is 0 Å². The van der Waals surface area contributed by atoms with E-state index in [2.05, 4.69) is 0 Å². The molecule has 5 nitrogen and oxygen atoms in total. The van der Waals surface area contributed by atoms with Crippen molar-refractivity contribution in [3.63, 3.8) is 0 Å². The lowest BCUT2D eigenvalue weighted by Crippen LogP contribution is -2.44. The molecule has 0 saturated carbocycles. The van der Waals surface area contributed by atoms with Gasteiger partial charge in [0.25, 0.3) is 5.91 Å². The zero-order valence-electron chi connectivity index (χ0n) is 11.8. The number of ether oxygens (including phenoxy) is 1. The molecule has 1 aromatic rings. The quantitative estimate of drug-likeness (QED) is 0.821. The van der Waals surface area contributed by atoms with Gasteiger partial charge in [0.2, 0.25) is 0 Å². The van der Waals surface area contributed by atoms with E-state index in [0.29, 0.717) is 23.4 Å². The highest BCUT2D eigenvalue weighted by molar-refractivity contribution is 5.99. The monoisotopic (exact) mass is 278 g/mol. The van der Waals surface area contributed by atoms with Crippen LogP contribution in [-0.2, 0) is 0 Å². The van der Waals surface area contributed by atoms with Gasteiger partial charge in [-0.15, -0.1) is 0 Å². The lowest BCUT2D eigenvalue weighted by Gasteiger charge is -2.35. The van der Waals surface area contributed by atoms with E-state index < -0.39 is 0 Å². The van der Waals surface area contributed by atoms with Crippen molar-refractivity contribution in [3.05, 3.63) is 23.8 Å². The summed E-state index contributed by atoms with van der Waals surface area (Å²) in [5.41, 5.74) is 6.89. The lowest BCUT2D eigenvalue weighted by atomic mass is 9.98. The molecule has 1 saturated heterocycles. The Labute approximate surface area is 119 Å². The second kappa shape index (κ2) is 6.61. The third-order valence-corrected chi connectivity index (χ3v) is 3.84. The number of methoxy groups -OCH3 is 1. The summed E-state index contributed by atoms with van der Waals surface area (Å²) < 4.78 is 5.10. The molecule has 1 amide bonds. The number of rotatable bonds is 4. The maximum absolute atomic E-state index is 12.6. The first kappa shape index (κ1) is 14.7. The molecule has 2 rings (SSSR count). The van der Waals surface area contributed by atoms with Crippen LogP contribution in [0.1, 0.15) is 36.0 Å². The molecule has 1 atom stereocenters. The highest BCUT2D eigenvalue weighted by Gasteiger charge is 2.28. The Morgan fingerprint density at radius 2 is 2.30 bits per heavy atom. The molecule has 1 heterocycles. The van der Waals surface area contributed by atoms with Gasteiger partial charge in [0, 0.05) is 30.9 Å². The predicted octanol–water partition coefficient (Wildman–Crippen LogP) is 1.65. The molecule has 0 bridgehead atoms. The van der Waals surface area contributed by atoms with Crippen molar-refractivity contribution in [2.75, 3.05) is 26.0 Å². The number of hydrogen-bond donors (Lipinski definition) is 2. The van der Waals surface area contributed by atoms with Crippen LogP contribution in [0.2, 0.25) is 0 Å². The molecule has 1 aromatic carbocycles. The minimum Gasteiger partial charge on any atom is -0.497 e. The molecule has 0 aromatic heterocycles. The molecular weight excluding hydrogens is 256 g/mol. The van der Waals surface area contributed by atoms with E-state index in [1.54, 1.807) is 25.3 Å². The molecule has 0 radical (unpaired) electrons. The van der Waals surface area contributed by atoms with E-state index in [-0.39, 0.29) is 18.6 Å². The predicted molar refractivity (Wildman–Crippen MR) is 77.8 cm³/mol. The number of aliphatic hydroxyl groups excluding tert-OH is 1. The van der Waals surface area contributed by atoms with Crippen LogP contribution in [0.25, 0.3) is 0 Å². The summed E-state index contributed by atoms with van der Waals surface area (Å²) in [5, 5.41) is 9.13. The van der Waals surface area contributed by atoms with Crippen molar-refractivity contribution in [2.24, 2.45) is 0 Å². The number of nitrogens with two attached hydrogens (primary N) is 1. The van der Waals surface area contributed by atoms with E-state index >= 15 is 0 Å². The standard InChI is InChI=1S/C15H22N2O3/c1-20-12-5-6-13(14(16)10-12)15(19)17-8-3-2-4-11(17)7-9-18/h5-6,10-11,18H,2-4,7-9,16H2,1H3. The fraction of sp³-hybridized carbons (Fsp3) is 0.533. The molecule has 1 aliphatic heterocycles. The van der Waals surface area contributed by atoms with Gasteiger partial charge in [-0.1, -0.05) is 0 Å². The molecular formula is C15H22N2O3. The summed E-state index contributed by atoms with van der Waals surface area (Å²) in [7, 11) is 1.57. The Balaban J connectivity index is 2.20. The molecule has 110 valence electrons. The van der Waals surface area contributed by atoms with Crippen LogP contribution in [0.5, 0.6) is 5.75 Å². The average molecular weight is 278 g/mol. The van der Waals surface area contributed by atoms with E-state index in [1.807, 2.05) is 4.90 Å². The number of carbonyl (C=O) groups is 1. The third kappa shape index (κ3) is 3.04. The first-order chi connectivity index (χ1) is 9.67. The molecule has 1 aliphatic rings. The van der Waals surface area contributed by atoms with Crippen LogP contribution in [0, 0.1) is 0 Å². The molecule has 0 aliphatic carbocycles. The van der Waals surface area contributed by atoms with Crippen LogP contribution in [0.4, 0.5) is 5.69 Å². The van der Waals surface area contributed by atoms with Crippen molar-refractivity contribution in [3.8, 4) is 5.75 Å². The smallest absolute Gasteiger partial charge is 0.256 e. The van der Waals surface area contributed by atoms with Crippen molar-refractivity contribution in [1.82, 2.24) is 4.90 Å². The first-order valence-electron chi connectivity index (χ1n) is 7.02. The van der Waals surface area contributed by atoms with Gasteiger partial charge < -0.3 is 20.5 Å². The summed E-state index contributed by atoms with van der Waals surface area (Å²) in [6, 6.07) is 5.23. The minimum atomic E-state index is -0.0525. The highest BCUT2D eigenvalue weighted by atomic mass is 16.5. The zero-order valence-corrected chi connectivity index (χ0v) is 11.8. The van der Waals surface area contributed by atoms with Gasteiger partial charge in [-0.3, -0.25) is 4.79 Å². The van der Waals surface area contributed by atoms with E-state index in [1.165, 1.54) is 0 Å². The number of hydrogen-bond acceptors (Lipinski definition) is 4. The van der Waals surface area contributed by atoms with Crippen molar-refractivity contribution in [2.45, 2.75) is 31.7 Å². The van der Waals surface area contributed by atoms with Gasteiger partial charge in [0.05, 0.1) is 12.7 Å². The van der Waals surface area contributed by atoms with E-state index in [0.717, 1.165) is 25.8 Å². The van der Waals surface area contributed by atoms with Crippen LogP contribution in [0.3, 0.4) is 0 Å². The number of carbonyl (C=O) groups excluding carboxylic acids is 1. The number of amides is 1. The Kier molecular flexibility index (Phi) is 4.84. The molecule has 3 N–H and O–H groups in total. The van der Waals surface area contributed by atoms with E-state index in [4.69, 9.17) is 15.6 Å². The number of benzene rings is 1. The fourth-order valence-corrected chi connectivity index (χ4v) is 2.73.